The Bertz CT molecular complexity index is 242. The van der Waals surface area contributed by atoms with E-state index < -0.39 is 0 Å². The minimum absolute atomic E-state index is 0.0673. The fourth-order valence-corrected chi connectivity index (χ4v) is 1.97. The van der Waals surface area contributed by atoms with E-state index in [1.165, 1.54) is 0 Å². The van der Waals surface area contributed by atoms with Gasteiger partial charge in [-0.3, -0.25) is 9.59 Å². The molecule has 1 fully saturated rings. The van der Waals surface area contributed by atoms with Crippen molar-refractivity contribution in [1.29, 1.82) is 0 Å². The number of ketones is 1. The summed E-state index contributed by atoms with van der Waals surface area (Å²) < 4.78 is 0. The summed E-state index contributed by atoms with van der Waals surface area (Å²) in [7, 11) is 0. The highest BCUT2D eigenvalue weighted by molar-refractivity contribution is 7.80. The molecule has 1 heterocycles. The van der Waals surface area contributed by atoms with E-state index in [4.69, 9.17) is 0 Å². The summed E-state index contributed by atoms with van der Waals surface area (Å²) in [6, 6.07) is -0.176. The maximum absolute atomic E-state index is 11.8. The van der Waals surface area contributed by atoms with Crippen molar-refractivity contribution in [2.45, 2.75) is 32.7 Å². The smallest absolute Gasteiger partial charge is 0.226 e. The van der Waals surface area contributed by atoms with E-state index in [-0.39, 0.29) is 23.7 Å². The average molecular weight is 215 g/mol. The number of hydrogen-bond donors (Lipinski definition) is 1. The van der Waals surface area contributed by atoms with Crippen LogP contribution >= 0.6 is 12.6 Å². The maximum Gasteiger partial charge on any atom is 0.226 e. The zero-order chi connectivity index (χ0) is 10.7. The number of nitrogens with zero attached hydrogens (tertiary/aromatic N) is 1. The quantitative estimate of drug-likeness (QED) is 0.717. The van der Waals surface area contributed by atoms with Crippen LogP contribution in [-0.4, -0.2) is 34.9 Å². The summed E-state index contributed by atoms with van der Waals surface area (Å²) >= 11 is 4.10. The number of thiol groups is 1. The highest BCUT2D eigenvalue weighted by atomic mass is 32.1. The summed E-state index contributed by atoms with van der Waals surface area (Å²) in [6.07, 6.45) is 1.76. The Balaban J connectivity index is 2.67. The number of carbonyl (C=O) groups excluding carboxylic acids is 2. The first-order valence-electron chi connectivity index (χ1n) is 4.99. The first kappa shape index (κ1) is 11.6. The Labute approximate surface area is 90.3 Å². The number of Topliss-reactive ketones (excluding diaryl/α,β-unsaturated/α-hetero) is 1. The molecule has 80 valence electrons. The normalized spacial score (nSPS) is 23.6. The molecule has 1 amide bonds. The highest BCUT2D eigenvalue weighted by Crippen LogP contribution is 2.20. The summed E-state index contributed by atoms with van der Waals surface area (Å²) in [5, 5.41) is 0. The number of likely N-dealkylation sites (tertiary alicyclic amines) is 1. The van der Waals surface area contributed by atoms with E-state index in [0.717, 1.165) is 19.4 Å². The summed E-state index contributed by atoms with van der Waals surface area (Å²) in [5.41, 5.74) is 0. The molecule has 0 aromatic heterocycles. The van der Waals surface area contributed by atoms with Crippen molar-refractivity contribution >= 4 is 24.3 Å². The third-order valence-corrected chi connectivity index (χ3v) is 3.25. The van der Waals surface area contributed by atoms with Crippen molar-refractivity contribution in [3.63, 3.8) is 0 Å². The SMILES string of the molecule is CC(=O)C1CCCN1C(=O)C(C)CS. The molecule has 1 saturated heterocycles. The lowest BCUT2D eigenvalue weighted by Gasteiger charge is -2.25. The van der Waals surface area contributed by atoms with Crippen molar-refractivity contribution in [3.05, 3.63) is 0 Å². The van der Waals surface area contributed by atoms with Gasteiger partial charge < -0.3 is 4.90 Å². The fraction of sp³-hybridized carbons (Fsp3) is 0.800. The van der Waals surface area contributed by atoms with Gasteiger partial charge in [0.2, 0.25) is 5.91 Å². The molecule has 3 nitrogen and oxygen atoms in total. The van der Waals surface area contributed by atoms with Crippen molar-refractivity contribution in [1.82, 2.24) is 4.90 Å². The van der Waals surface area contributed by atoms with Gasteiger partial charge in [-0.2, -0.15) is 12.6 Å². The van der Waals surface area contributed by atoms with E-state index in [0.29, 0.717) is 5.75 Å². The predicted molar refractivity (Wildman–Crippen MR) is 58.4 cm³/mol. The fourth-order valence-electron chi connectivity index (χ4n) is 1.81. The number of carbonyl (C=O) groups is 2. The Hall–Kier alpha value is -0.510. The largest absolute Gasteiger partial charge is 0.332 e. The molecule has 1 rings (SSSR count). The van der Waals surface area contributed by atoms with Gasteiger partial charge in [0.1, 0.15) is 0 Å². The molecule has 0 aromatic rings. The average Bonchev–Trinajstić information content (AvgIpc) is 2.63. The van der Waals surface area contributed by atoms with Crippen LogP contribution in [0.4, 0.5) is 0 Å². The zero-order valence-electron chi connectivity index (χ0n) is 8.69. The van der Waals surface area contributed by atoms with Crippen LogP contribution in [-0.2, 0) is 9.59 Å². The first-order chi connectivity index (χ1) is 6.57. The van der Waals surface area contributed by atoms with E-state index in [1.807, 2.05) is 6.92 Å². The monoisotopic (exact) mass is 215 g/mol. The summed E-state index contributed by atoms with van der Waals surface area (Å²) in [4.78, 5) is 24.8. The van der Waals surface area contributed by atoms with Gasteiger partial charge in [0.25, 0.3) is 0 Å². The zero-order valence-corrected chi connectivity index (χ0v) is 9.59. The van der Waals surface area contributed by atoms with Gasteiger partial charge in [0.15, 0.2) is 5.78 Å². The second-order valence-electron chi connectivity index (χ2n) is 3.88. The Morgan fingerprint density at radius 2 is 2.21 bits per heavy atom. The molecule has 1 aliphatic rings. The van der Waals surface area contributed by atoms with Crippen LogP contribution in [0.25, 0.3) is 0 Å². The van der Waals surface area contributed by atoms with E-state index >= 15 is 0 Å². The van der Waals surface area contributed by atoms with E-state index in [9.17, 15) is 9.59 Å². The third kappa shape index (κ3) is 2.29. The van der Waals surface area contributed by atoms with Crippen molar-refractivity contribution in [3.8, 4) is 0 Å². The molecular weight excluding hydrogens is 198 g/mol. The van der Waals surface area contributed by atoms with Crippen LogP contribution in [0.2, 0.25) is 0 Å². The standard InChI is InChI=1S/C10H17NO2S/c1-7(6-14)10(13)11-5-3-4-9(11)8(2)12/h7,9,14H,3-6H2,1-2H3. The van der Waals surface area contributed by atoms with Gasteiger partial charge in [-0.25, -0.2) is 0 Å². The summed E-state index contributed by atoms with van der Waals surface area (Å²) in [6.45, 7) is 4.13. The van der Waals surface area contributed by atoms with Crippen molar-refractivity contribution < 1.29 is 9.59 Å². The molecule has 14 heavy (non-hydrogen) atoms. The van der Waals surface area contributed by atoms with Crippen LogP contribution < -0.4 is 0 Å². The summed E-state index contributed by atoms with van der Waals surface area (Å²) in [5.74, 6) is 0.623. The van der Waals surface area contributed by atoms with Gasteiger partial charge in [-0.15, -0.1) is 0 Å². The van der Waals surface area contributed by atoms with Crippen LogP contribution in [0.15, 0.2) is 0 Å². The third-order valence-electron chi connectivity index (χ3n) is 2.70. The van der Waals surface area contributed by atoms with E-state index in [1.54, 1.807) is 11.8 Å². The lowest BCUT2D eigenvalue weighted by atomic mass is 10.1. The minimum Gasteiger partial charge on any atom is -0.332 e. The Morgan fingerprint density at radius 1 is 1.57 bits per heavy atom. The van der Waals surface area contributed by atoms with Gasteiger partial charge in [0.05, 0.1) is 6.04 Å². The molecular formula is C10H17NO2S. The first-order valence-corrected chi connectivity index (χ1v) is 5.63. The second-order valence-corrected chi connectivity index (χ2v) is 4.25. The van der Waals surface area contributed by atoms with Crippen LogP contribution in [0.3, 0.4) is 0 Å². The molecule has 1 aliphatic heterocycles. The predicted octanol–water partition coefficient (Wildman–Crippen LogP) is 1.13. The molecule has 4 heteroatoms. The molecule has 0 spiro atoms. The molecule has 0 aliphatic carbocycles. The molecule has 2 atom stereocenters. The van der Waals surface area contributed by atoms with Crippen molar-refractivity contribution in [2.24, 2.45) is 5.92 Å². The number of rotatable bonds is 3. The molecule has 0 aromatic carbocycles. The highest BCUT2D eigenvalue weighted by Gasteiger charge is 2.33. The van der Waals surface area contributed by atoms with Crippen molar-refractivity contribution in [2.75, 3.05) is 12.3 Å². The molecule has 0 bridgehead atoms. The Morgan fingerprint density at radius 3 is 2.71 bits per heavy atom. The molecule has 0 radical (unpaired) electrons. The number of hydrogen-bond acceptors (Lipinski definition) is 3. The number of amides is 1. The minimum atomic E-state index is -0.176. The van der Waals surface area contributed by atoms with Crippen LogP contribution in [0.5, 0.6) is 0 Å². The van der Waals surface area contributed by atoms with Crippen LogP contribution in [0, 0.1) is 5.92 Å². The van der Waals surface area contributed by atoms with E-state index in [2.05, 4.69) is 12.6 Å². The molecule has 2 unspecified atom stereocenters. The molecule has 0 N–H and O–H groups in total. The van der Waals surface area contributed by atoms with Gasteiger partial charge >= 0.3 is 0 Å². The van der Waals surface area contributed by atoms with Gasteiger partial charge in [-0.05, 0) is 19.8 Å². The lowest BCUT2D eigenvalue weighted by molar-refractivity contribution is -0.139. The second kappa shape index (κ2) is 4.82. The topological polar surface area (TPSA) is 37.4 Å². The lowest BCUT2D eigenvalue weighted by Crippen LogP contribution is -2.42. The van der Waals surface area contributed by atoms with Gasteiger partial charge in [0, 0.05) is 18.2 Å². The van der Waals surface area contributed by atoms with Crippen LogP contribution in [0.1, 0.15) is 26.7 Å². The van der Waals surface area contributed by atoms with Gasteiger partial charge in [-0.1, -0.05) is 6.92 Å². The maximum atomic E-state index is 11.8. The molecule has 0 saturated carbocycles. The Kier molecular flexibility index (Phi) is 3.98.